The lowest BCUT2D eigenvalue weighted by atomic mass is 10.2. The first-order chi connectivity index (χ1) is 8.24. The molecule has 1 aliphatic heterocycles. The van der Waals surface area contributed by atoms with Gasteiger partial charge in [-0.1, -0.05) is 12.1 Å². The molecular formula is C13H20IN3S. The molecule has 1 unspecified atom stereocenters. The van der Waals surface area contributed by atoms with Gasteiger partial charge in [0.15, 0.2) is 5.96 Å². The first-order valence-electron chi connectivity index (χ1n) is 5.99. The van der Waals surface area contributed by atoms with Crippen LogP contribution in [0.5, 0.6) is 0 Å². The van der Waals surface area contributed by atoms with Crippen molar-refractivity contribution in [2.75, 3.05) is 17.6 Å². The summed E-state index contributed by atoms with van der Waals surface area (Å²) in [4.78, 5) is 4.39. The van der Waals surface area contributed by atoms with Crippen LogP contribution < -0.4 is 11.1 Å². The minimum atomic E-state index is 0. The van der Waals surface area contributed by atoms with Gasteiger partial charge >= 0.3 is 0 Å². The van der Waals surface area contributed by atoms with Crippen molar-refractivity contribution >= 4 is 47.4 Å². The highest BCUT2D eigenvalue weighted by Gasteiger charge is 2.14. The molecule has 0 aromatic heterocycles. The molecule has 0 amide bonds. The summed E-state index contributed by atoms with van der Waals surface area (Å²) in [6.07, 6.45) is 2.59. The van der Waals surface area contributed by atoms with Gasteiger partial charge in [-0.15, -0.1) is 24.0 Å². The Balaban J connectivity index is 0.00000162. The second kappa shape index (κ2) is 7.89. The lowest BCUT2D eigenvalue weighted by Gasteiger charge is -2.08. The van der Waals surface area contributed by atoms with Crippen LogP contribution >= 0.6 is 35.7 Å². The molecule has 0 spiro atoms. The number of nitrogens with two attached hydrogens (primary N) is 1. The zero-order chi connectivity index (χ0) is 12.1. The molecule has 1 fully saturated rings. The molecule has 1 aromatic carbocycles. The minimum absolute atomic E-state index is 0. The maximum absolute atomic E-state index is 5.86. The van der Waals surface area contributed by atoms with Crippen molar-refractivity contribution in [2.45, 2.75) is 25.0 Å². The molecule has 5 heteroatoms. The summed E-state index contributed by atoms with van der Waals surface area (Å²) in [7, 11) is 0. The van der Waals surface area contributed by atoms with E-state index in [1.54, 1.807) is 0 Å². The van der Waals surface area contributed by atoms with Crippen LogP contribution in [0.3, 0.4) is 0 Å². The number of rotatable bonds is 3. The third kappa shape index (κ3) is 5.06. The van der Waals surface area contributed by atoms with Gasteiger partial charge in [0.1, 0.15) is 0 Å². The average Bonchev–Trinajstić information content (AvgIpc) is 2.79. The molecule has 0 radical (unpaired) electrons. The molecule has 1 aliphatic rings. The number of anilines is 1. The van der Waals surface area contributed by atoms with Crippen molar-refractivity contribution in [3.63, 3.8) is 0 Å². The van der Waals surface area contributed by atoms with E-state index in [0.717, 1.165) is 12.2 Å². The highest BCUT2D eigenvalue weighted by Crippen LogP contribution is 2.26. The summed E-state index contributed by atoms with van der Waals surface area (Å²) in [5, 5.41) is 3.79. The fraction of sp³-hybridized carbons (Fsp3) is 0.462. The van der Waals surface area contributed by atoms with Crippen LogP contribution in [-0.4, -0.2) is 23.5 Å². The van der Waals surface area contributed by atoms with Crippen LogP contribution in [0.2, 0.25) is 0 Å². The van der Waals surface area contributed by atoms with E-state index in [1.165, 1.54) is 24.2 Å². The van der Waals surface area contributed by atoms with E-state index < -0.39 is 0 Å². The second-order valence-electron chi connectivity index (χ2n) is 4.36. The molecule has 2 rings (SSSR count). The molecule has 1 heterocycles. The van der Waals surface area contributed by atoms with Gasteiger partial charge in [-0.05, 0) is 43.2 Å². The molecule has 3 nitrogen and oxygen atoms in total. The predicted octanol–water partition coefficient (Wildman–Crippen LogP) is 3.24. The van der Waals surface area contributed by atoms with Crippen LogP contribution in [0, 0.1) is 6.92 Å². The Hall–Kier alpha value is -0.430. The summed E-state index contributed by atoms with van der Waals surface area (Å²) >= 11 is 2.00. The highest BCUT2D eigenvalue weighted by molar-refractivity contribution is 14.0. The number of halogens is 1. The van der Waals surface area contributed by atoms with Gasteiger partial charge in [0.2, 0.25) is 0 Å². The predicted molar refractivity (Wildman–Crippen MR) is 92.2 cm³/mol. The number of thioether (sulfide) groups is 1. The van der Waals surface area contributed by atoms with Gasteiger partial charge in [0.25, 0.3) is 0 Å². The van der Waals surface area contributed by atoms with Crippen LogP contribution in [-0.2, 0) is 0 Å². The number of aliphatic imine (C=N–C) groups is 1. The van der Waals surface area contributed by atoms with E-state index in [9.17, 15) is 0 Å². The highest BCUT2D eigenvalue weighted by atomic mass is 127. The number of guanidine groups is 1. The number of benzene rings is 1. The quantitative estimate of drug-likeness (QED) is 0.483. The van der Waals surface area contributed by atoms with Crippen molar-refractivity contribution in [2.24, 2.45) is 10.7 Å². The van der Waals surface area contributed by atoms with Crippen LogP contribution in [0.4, 0.5) is 5.69 Å². The SMILES string of the molecule is Cc1cccc(NC(N)=NCC2CCCS2)c1.I. The first kappa shape index (κ1) is 15.6. The summed E-state index contributed by atoms with van der Waals surface area (Å²) in [6, 6.07) is 8.14. The standard InChI is InChI=1S/C13H19N3S.HI/c1-10-4-2-5-11(8-10)16-13(14)15-9-12-6-3-7-17-12;/h2,4-5,8,12H,3,6-7,9H2,1H3,(H3,14,15,16);1H. The Labute approximate surface area is 130 Å². The van der Waals surface area contributed by atoms with Gasteiger partial charge in [-0.2, -0.15) is 11.8 Å². The van der Waals surface area contributed by atoms with Gasteiger partial charge in [-0.25, -0.2) is 0 Å². The van der Waals surface area contributed by atoms with E-state index in [0.29, 0.717) is 11.2 Å². The molecular weight excluding hydrogens is 357 g/mol. The van der Waals surface area contributed by atoms with E-state index in [-0.39, 0.29) is 24.0 Å². The maximum atomic E-state index is 5.86. The molecule has 18 heavy (non-hydrogen) atoms. The Morgan fingerprint density at radius 2 is 2.39 bits per heavy atom. The molecule has 1 atom stereocenters. The van der Waals surface area contributed by atoms with E-state index in [2.05, 4.69) is 29.4 Å². The molecule has 0 bridgehead atoms. The average molecular weight is 377 g/mol. The Morgan fingerprint density at radius 3 is 3.06 bits per heavy atom. The Morgan fingerprint density at radius 1 is 1.56 bits per heavy atom. The lowest BCUT2D eigenvalue weighted by molar-refractivity contribution is 0.786. The third-order valence-electron chi connectivity index (χ3n) is 2.78. The fourth-order valence-corrected chi connectivity index (χ4v) is 3.08. The first-order valence-corrected chi connectivity index (χ1v) is 7.04. The molecule has 100 valence electrons. The number of hydrogen-bond donors (Lipinski definition) is 2. The van der Waals surface area contributed by atoms with E-state index in [4.69, 9.17) is 5.73 Å². The zero-order valence-corrected chi connectivity index (χ0v) is 13.7. The largest absolute Gasteiger partial charge is 0.370 e. The molecule has 1 saturated heterocycles. The van der Waals surface area contributed by atoms with Crippen molar-refractivity contribution < 1.29 is 0 Å². The summed E-state index contributed by atoms with van der Waals surface area (Å²) in [5.41, 5.74) is 8.09. The van der Waals surface area contributed by atoms with Gasteiger partial charge in [0, 0.05) is 10.9 Å². The zero-order valence-electron chi connectivity index (χ0n) is 10.6. The smallest absolute Gasteiger partial charge is 0.193 e. The van der Waals surface area contributed by atoms with E-state index in [1.807, 2.05) is 23.9 Å². The molecule has 0 aliphatic carbocycles. The van der Waals surface area contributed by atoms with Crippen LogP contribution in [0.15, 0.2) is 29.3 Å². The molecule has 3 N–H and O–H groups in total. The van der Waals surface area contributed by atoms with Crippen molar-refractivity contribution in [1.29, 1.82) is 0 Å². The summed E-state index contributed by atoms with van der Waals surface area (Å²) < 4.78 is 0. The molecule has 0 saturated carbocycles. The lowest BCUT2D eigenvalue weighted by Crippen LogP contribution is -2.24. The fourth-order valence-electron chi connectivity index (χ4n) is 1.90. The Kier molecular flexibility index (Phi) is 6.85. The van der Waals surface area contributed by atoms with Crippen molar-refractivity contribution in [1.82, 2.24) is 0 Å². The summed E-state index contributed by atoms with van der Waals surface area (Å²) in [5.74, 6) is 1.79. The van der Waals surface area contributed by atoms with E-state index >= 15 is 0 Å². The van der Waals surface area contributed by atoms with Gasteiger partial charge < -0.3 is 11.1 Å². The van der Waals surface area contributed by atoms with Gasteiger partial charge in [-0.3, -0.25) is 4.99 Å². The molecule has 1 aromatic rings. The number of hydrogen-bond acceptors (Lipinski definition) is 2. The minimum Gasteiger partial charge on any atom is -0.370 e. The van der Waals surface area contributed by atoms with Crippen molar-refractivity contribution in [3.05, 3.63) is 29.8 Å². The number of aryl methyl sites for hydroxylation is 1. The van der Waals surface area contributed by atoms with Crippen LogP contribution in [0.25, 0.3) is 0 Å². The topological polar surface area (TPSA) is 50.4 Å². The number of nitrogens with one attached hydrogen (secondary N) is 1. The normalized spacial score (nSPS) is 19.4. The van der Waals surface area contributed by atoms with Gasteiger partial charge in [0.05, 0.1) is 6.54 Å². The monoisotopic (exact) mass is 377 g/mol. The number of nitrogens with zero attached hydrogens (tertiary/aromatic N) is 1. The van der Waals surface area contributed by atoms with Crippen molar-refractivity contribution in [3.8, 4) is 0 Å². The van der Waals surface area contributed by atoms with Crippen LogP contribution in [0.1, 0.15) is 18.4 Å². The summed E-state index contributed by atoms with van der Waals surface area (Å²) in [6.45, 7) is 2.89. The third-order valence-corrected chi connectivity index (χ3v) is 4.16. The Bertz CT molecular complexity index is 403. The second-order valence-corrected chi connectivity index (χ2v) is 5.76. The maximum Gasteiger partial charge on any atom is 0.193 e.